The van der Waals surface area contributed by atoms with Crippen LogP contribution in [0.25, 0.3) is 0 Å². The Labute approximate surface area is 120 Å². The van der Waals surface area contributed by atoms with Gasteiger partial charge in [-0.1, -0.05) is 0 Å². The molecule has 0 atom stereocenters. The summed E-state index contributed by atoms with van der Waals surface area (Å²) in [6.45, 7) is 0.815. The quantitative estimate of drug-likeness (QED) is 0.697. The van der Waals surface area contributed by atoms with Gasteiger partial charge in [-0.25, -0.2) is 8.42 Å². The molecule has 8 heteroatoms. The Morgan fingerprint density at radius 3 is 2.72 bits per heavy atom. The first-order valence-electron chi connectivity index (χ1n) is 5.18. The number of ether oxygens (including phenoxy) is 1. The van der Waals surface area contributed by atoms with Crippen molar-refractivity contribution in [3.63, 3.8) is 0 Å². The Kier molecular flexibility index (Phi) is 6.51. The van der Waals surface area contributed by atoms with Crippen LogP contribution in [0.3, 0.4) is 0 Å². The van der Waals surface area contributed by atoms with Gasteiger partial charge in [0.2, 0.25) is 10.0 Å². The maximum absolute atomic E-state index is 12.3. The summed E-state index contributed by atoms with van der Waals surface area (Å²) in [7, 11) is -2.06. The van der Waals surface area contributed by atoms with Crippen LogP contribution in [0.15, 0.2) is 27.8 Å². The molecule has 18 heavy (non-hydrogen) atoms. The molecule has 1 aromatic heterocycles. The molecular formula is C10H14BrClN2O3S. The number of pyridine rings is 1. The molecule has 1 aromatic rings. The summed E-state index contributed by atoms with van der Waals surface area (Å²) in [4.78, 5) is 3.99. The van der Waals surface area contributed by atoms with Crippen LogP contribution in [0.4, 0.5) is 0 Å². The fraction of sp³-hybridized carbons (Fsp3) is 0.500. The molecule has 0 unspecified atom stereocenters. The van der Waals surface area contributed by atoms with Gasteiger partial charge >= 0.3 is 0 Å². The Balaban J connectivity index is 3.00. The maximum Gasteiger partial charge on any atom is 0.244 e. The number of halogens is 2. The zero-order valence-corrected chi connectivity index (χ0v) is 13.0. The van der Waals surface area contributed by atoms with E-state index in [1.807, 2.05) is 0 Å². The molecule has 102 valence electrons. The number of alkyl halides is 1. The summed E-state index contributed by atoms with van der Waals surface area (Å²) in [5, 5.41) is 0. The fourth-order valence-corrected chi connectivity index (χ4v) is 3.56. The minimum absolute atomic E-state index is 0.137. The van der Waals surface area contributed by atoms with Crippen LogP contribution in [0.1, 0.15) is 0 Å². The van der Waals surface area contributed by atoms with Crippen molar-refractivity contribution in [1.29, 1.82) is 0 Å². The highest BCUT2D eigenvalue weighted by atomic mass is 79.9. The van der Waals surface area contributed by atoms with Crippen LogP contribution in [0.2, 0.25) is 0 Å². The molecule has 0 aliphatic heterocycles. The van der Waals surface area contributed by atoms with E-state index < -0.39 is 10.0 Å². The molecule has 0 bridgehead atoms. The second-order valence-corrected chi connectivity index (χ2v) is 6.66. The van der Waals surface area contributed by atoms with Crippen LogP contribution in [0, 0.1) is 0 Å². The lowest BCUT2D eigenvalue weighted by Gasteiger charge is -2.20. The average Bonchev–Trinajstić information content (AvgIpc) is 2.34. The number of hydrogen-bond acceptors (Lipinski definition) is 4. The summed E-state index contributed by atoms with van der Waals surface area (Å²) in [6.07, 6.45) is 2.84. The molecule has 0 fully saturated rings. The van der Waals surface area contributed by atoms with Gasteiger partial charge in [-0.3, -0.25) is 4.98 Å². The van der Waals surface area contributed by atoms with E-state index in [1.54, 1.807) is 0 Å². The Morgan fingerprint density at radius 2 is 2.17 bits per heavy atom. The van der Waals surface area contributed by atoms with Gasteiger partial charge in [0.1, 0.15) is 4.90 Å². The van der Waals surface area contributed by atoms with Gasteiger partial charge in [0.15, 0.2) is 0 Å². The van der Waals surface area contributed by atoms with Crippen LogP contribution in [-0.2, 0) is 14.8 Å². The van der Waals surface area contributed by atoms with E-state index in [2.05, 4.69) is 20.9 Å². The molecule has 0 spiro atoms. The Bertz CT molecular complexity index is 484. The van der Waals surface area contributed by atoms with Crippen molar-refractivity contribution in [1.82, 2.24) is 9.29 Å². The molecule has 1 rings (SSSR count). The molecule has 0 saturated carbocycles. The van der Waals surface area contributed by atoms with Crippen LogP contribution < -0.4 is 0 Å². The monoisotopic (exact) mass is 356 g/mol. The van der Waals surface area contributed by atoms with Crippen molar-refractivity contribution in [3.05, 3.63) is 22.9 Å². The van der Waals surface area contributed by atoms with Gasteiger partial charge in [0.25, 0.3) is 0 Å². The summed E-state index contributed by atoms with van der Waals surface area (Å²) >= 11 is 8.83. The van der Waals surface area contributed by atoms with Crippen molar-refractivity contribution in [2.45, 2.75) is 4.90 Å². The first-order chi connectivity index (χ1) is 8.52. The maximum atomic E-state index is 12.3. The predicted molar refractivity (Wildman–Crippen MR) is 73.3 cm³/mol. The third kappa shape index (κ3) is 4.17. The second kappa shape index (κ2) is 7.40. The number of methoxy groups -OCH3 is 1. The number of nitrogens with zero attached hydrogens (tertiary/aromatic N) is 2. The SMILES string of the molecule is COCCN(CCCl)S(=O)(=O)c1cncc(Br)c1. The van der Waals surface area contributed by atoms with E-state index in [0.29, 0.717) is 11.1 Å². The third-order valence-corrected chi connectivity index (χ3v) is 4.66. The number of aromatic nitrogens is 1. The van der Waals surface area contributed by atoms with Crippen molar-refractivity contribution < 1.29 is 13.2 Å². The average molecular weight is 358 g/mol. The highest BCUT2D eigenvalue weighted by molar-refractivity contribution is 9.10. The highest BCUT2D eigenvalue weighted by Crippen LogP contribution is 2.18. The molecule has 0 saturated heterocycles. The molecular weight excluding hydrogens is 344 g/mol. The minimum Gasteiger partial charge on any atom is -0.383 e. The van der Waals surface area contributed by atoms with E-state index in [-0.39, 0.29) is 23.9 Å². The van der Waals surface area contributed by atoms with E-state index in [1.165, 1.54) is 29.9 Å². The Hall–Kier alpha value is -0.210. The molecule has 0 aliphatic carbocycles. The largest absolute Gasteiger partial charge is 0.383 e. The summed E-state index contributed by atoms with van der Waals surface area (Å²) in [6, 6.07) is 1.51. The van der Waals surface area contributed by atoms with Gasteiger partial charge in [-0.2, -0.15) is 4.31 Å². The van der Waals surface area contributed by atoms with E-state index >= 15 is 0 Å². The number of rotatable bonds is 7. The highest BCUT2D eigenvalue weighted by Gasteiger charge is 2.24. The smallest absolute Gasteiger partial charge is 0.244 e. The number of hydrogen-bond donors (Lipinski definition) is 0. The van der Waals surface area contributed by atoms with Crippen molar-refractivity contribution in [2.24, 2.45) is 0 Å². The van der Waals surface area contributed by atoms with Crippen molar-refractivity contribution in [2.75, 3.05) is 32.7 Å². The van der Waals surface area contributed by atoms with Crippen LogP contribution in [0.5, 0.6) is 0 Å². The van der Waals surface area contributed by atoms with Gasteiger partial charge in [-0.15, -0.1) is 11.6 Å². The molecule has 1 heterocycles. The Morgan fingerprint density at radius 1 is 1.44 bits per heavy atom. The van der Waals surface area contributed by atoms with Crippen molar-refractivity contribution in [3.8, 4) is 0 Å². The molecule has 0 radical (unpaired) electrons. The first-order valence-corrected chi connectivity index (χ1v) is 7.94. The minimum atomic E-state index is -3.58. The normalized spacial score (nSPS) is 12.0. The van der Waals surface area contributed by atoms with Gasteiger partial charge < -0.3 is 4.74 Å². The van der Waals surface area contributed by atoms with Gasteiger partial charge in [0.05, 0.1) is 6.61 Å². The molecule has 0 aliphatic rings. The standard InChI is InChI=1S/C10H14BrClN2O3S/c1-17-5-4-14(3-2-12)18(15,16)10-6-9(11)7-13-8-10/h6-8H,2-5H2,1H3. The summed E-state index contributed by atoms with van der Waals surface area (Å²) in [5.41, 5.74) is 0. The summed E-state index contributed by atoms with van der Waals surface area (Å²) in [5.74, 6) is 0.227. The van der Waals surface area contributed by atoms with Gasteiger partial charge in [0, 0.05) is 42.9 Å². The predicted octanol–water partition coefficient (Wildman–Crippen LogP) is 1.72. The van der Waals surface area contributed by atoms with E-state index in [0.717, 1.165) is 0 Å². The lowest BCUT2D eigenvalue weighted by molar-refractivity contribution is 0.180. The lowest BCUT2D eigenvalue weighted by atomic mass is 10.5. The zero-order valence-electron chi connectivity index (χ0n) is 9.84. The molecule has 0 aromatic carbocycles. The first kappa shape index (κ1) is 15.8. The van der Waals surface area contributed by atoms with Gasteiger partial charge in [-0.05, 0) is 22.0 Å². The molecule has 0 amide bonds. The van der Waals surface area contributed by atoms with E-state index in [4.69, 9.17) is 16.3 Å². The summed E-state index contributed by atoms with van der Waals surface area (Å²) < 4.78 is 31.5. The van der Waals surface area contributed by atoms with E-state index in [9.17, 15) is 8.42 Å². The zero-order chi connectivity index (χ0) is 13.6. The molecule has 5 nitrogen and oxygen atoms in total. The molecule has 0 N–H and O–H groups in total. The number of sulfonamides is 1. The van der Waals surface area contributed by atoms with Crippen LogP contribution in [-0.4, -0.2) is 50.4 Å². The lowest BCUT2D eigenvalue weighted by Crippen LogP contribution is -2.35. The topological polar surface area (TPSA) is 59.5 Å². The van der Waals surface area contributed by atoms with Crippen LogP contribution >= 0.6 is 27.5 Å². The fourth-order valence-electron chi connectivity index (χ4n) is 1.32. The third-order valence-electron chi connectivity index (χ3n) is 2.20. The second-order valence-electron chi connectivity index (χ2n) is 3.42. The van der Waals surface area contributed by atoms with Crippen molar-refractivity contribution >= 4 is 37.6 Å².